The van der Waals surface area contributed by atoms with Crippen LogP contribution in [0.4, 0.5) is 5.69 Å². The standard InChI is InChI=1S/C16H22ClN3O4/c1-24-9-8-19-6-4-12(5-7-19)11-18-16(21)14-10-13(17)2-3-15(14)20(22)23/h2-3,10,12H,4-9,11H2,1H3,(H,18,21). The number of hydrogen-bond acceptors (Lipinski definition) is 5. The summed E-state index contributed by atoms with van der Waals surface area (Å²) in [6.45, 7) is 4.10. The van der Waals surface area contributed by atoms with Gasteiger partial charge in [0, 0.05) is 31.3 Å². The molecule has 0 bridgehead atoms. The van der Waals surface area contributed by atoms with E-state index in [2.05, 4.69) is 10.2 Å². The number of rotatable bonds is 7. The van der Waals surface area contributed by atoms with Gasteiger partial charge >= 0.3 is 0 Å². The molecule has 1 amide bonds. The lowest BCUT2D eigenvalue weighted by atomic mass is 9.96. The Kier molecular flexibility index (Phi) is 6.96. The van der Waals surface area contributed by atoms with Crippen LogP contribution in [0.2, 0.25) is 5.02 Å². The number of piperidine rings is 1. The minimum absolute atomic E-state index is 0.00466. The molecule has 2 rings (SSSR count). The van der Waals surface area contributed by atoms with Crippen LogP contribution < -0.4 is 5.32 Å². The molecule has 7 nitrogen and oxygen atoms in total. The number of carbonyl (C=O) groups excluding carboxylic acids is 1. The van der Waals surface area contributed by atoms with Crippen LogP contribution in [0.1, 0.15) is 23.2 Å². The van der Waals surface area contributed by atoms with E-state index in [1.165, 1.54) is 18.2 Å². The smallest absolute Gasteiger partial charge is 0.282 e. The summed E-state index contributed by atoms with van der Waals surface area (Å²) in [5, 5.41) is 14.1. The van der Waals surface area contributed by atoms with Gasteiger partial charge in [0.1, 0.15) is 5.56 Å². The van der Waals surface area contributed by atoms with Crippen molar-refractivity contribution in [1.29, 1.82) is 0 Å². The molecule has 0 aliphatic carbocycles. The van der Waals surface area contributed by atoms with Gasteiger partial charge in [0.15, 0.2) is 0 Å². The molecular formula is C16H22ClN3O4. The van der Waals surface area contributed by atoms with Gasteiger partial charge in [0.25, 0.3) is 11.6 Å². The maximum Gasteiger partial charge on any atom is 0.282 e. The first kappa shape index (κ1) is 18.6. The second-order valence-electron chi connectivity index (χ2n) is 5.91. The Morgan fingerprint density at radius 3 is 2.79 bits per heavy atom. The molecule has 0 unspecified atom stereocenters. The van der Waals surface area contributed by atoms with E-state index in [4.69, 9.17) is 16.3 Å². The van der Waals surface area contributed by atoms with E-state index >= 15 is 0 Å². The zero-order chi connectivity index (χ0) is 17.5. The molecule has 1 N–H and O–H groups in total. The quantitative estimate of drug-likeness (QED) is 0.599. The fraction of sp³-hybridized carbons (Fsp3) is 0.562. The Bertz CT molecular complexity index is 589. The normalized spacial score (nSPS) is 16.1. The van der Waals surface area contributed by atoms with Crippen molar-refractivity contribution in [3.8, 4) is 0 Å². The molecule has 1 saturated heterocycles. The summed E-state index contributed by atoms with van der Waals surface area (Å²) in [6, 6.07) is 4.00. The molecule has 0 spiro atoms. The minimum atomic E-state index is -0.570. The van der Waals surface area contributed by atoms with E-state index in [-0.39, 0.29) is 11.3 Å². The van der Waals surface area contributed by atoms with Gasteiger partial charge in [0.2, 0.25) is 0 Å². The summed E-state index contributed by atoms with van der Waals surface area (Å²) in [5.74, 6) is -0.0722. The lowest BCUT2D eigenvalue weighted by molar-refractivity contribution is -0.385. The SMILES string of the molecule is COCCN1CCC(CNC(=O)c2cc(Cl)ccc2[N+](=O)[O-])CC1. The molecule has 8 heteroatoms. The fourth-order valence-corrected chi connectivity index (χ4v) is 2.99. The number of methoxy groups -OCH3 is 1. The number of hydrogen-bond donors (Lipinski definition) is 1. The molecular weight excluding hydrogens is 334 g/mol. The Morgan fingerprint density at radius 1 is 1.46 bits per heavy atom. The van der Waals surface area contributed by atoms with E-state index in [0.29, 0.717) is 17.5 Å². The largest absolute Gasteiger partial charge is 0.383 e. The summed E-state index contributed by atoms with van der Waals surface area (Å²) in [6.07, 6.45) is 1.98. The predicted octanol–water partition coefficient (Wildman–Crippen LogP) is 2.34. The Hall–Kier alpha value is -1.70. The zero-order valence-corrected chi connectivity index (χ0v) is 14.4. The lowest BCUT2D eigenvalue weighted by Gasteiger charge is -2.31. The average Bonchev–Trinajstić information content (AvgIpc) is 2.58. The Labute approximate surface area is 146 Å². The van der Waals surface area contributed by atoms with Gasteiger partial charge in [0.05, 0.1) is 11.5 Å². The van der Waals surface area contributed by atoms with Crippen molar-refractivity contribution in [3.63, 3.8) is 0 Å². The molecule has 132 valence electrons. The molecule has 1 aliphatic heterocycles. The maximum atomic E-state index is 12.3. The number of nitrogens with one attached hydrogen (secondary N) is 1. The summed E-state index contributed by atoms with van der Waals surface area (Å²) in [7, 11) is 1.69. The number of nitrogens with zero attached hydrogens (tertiary/aromatic N) is 2. The van der Waals surface area contributed by atoms with Crippen molar-refractivity contribution in [2.75, 3.05) is 39.9 Å². The van der Waals surface area contributed by atoms with Crippen molar-refractivity contribution >= 4 is 23.2 Å². The second kappa shape index (κ2) is 8.96. The van der Waals surface area contributed by atoms with Gasteiger partial charge in [-0.1, -0.05) is 11.6 Å². The third-order valence-corrected chi connectivity index (χ3v) is 4.51. The summed E-state index contributed by atoms with van der Waals surface area (Å²) in [4.78, 5) is 25.1. The predicted molar refractivity (Wildman–Crippen MR) is 91.5 cm³/mol. The van der Waals surface area contributed by atoms with Crippen molar-refractivity contribution < 1.29 is 14.5 Å². The topological polar surface area (TPSA) is 84.7 Å². The first-order chi connectivity index (χ1) is 11.5. The third-order valence-electron chi connectivity index (χ3n) is 4.27. The van der Waals surface area contributed by atoms with E-state index in [0.717, 1.165) is 39.1 Å². The average molecular weight is 356 g/mol. The van der Waals surface area contributed by atoms with Crippen LogP contribution in [0.25, 0.3) is 0 Å². The summed E-state index contributed by atoms with van der Waals surface area (Å²) < 4.78 is 5.08. The van der Waals surface area contributed by atoms with Crippen LogP contribution in [0.15, 0.2) is 18.2 Å². The minimum Gasteiger partial charge on any atom is -0.383 e. The number of nitro benzene ring substituents is 1. The number of nitro groups is 1. The van der Waals surface area contributed by atoms with Crippen molar-refractivity contribution in [2.24, 2.45) is 5.92 Å². The molecule has 1 aromatic carbocycles. The highest BCUT2D eigenvalue weighted by Gasteiger charge is 2.23. The molecule has 1 aliphatic rings. The van der Waals surface area contributed by atoms with Crippen LogP contribution in [-0.4, -0.2) is 55.6 Å². The van der Waals surface area contributed by atoms with Crippen molar-refractivity contribution in [1.82, 2.24) is 10.2 Å². The number of amides is 1. The van der Waals surface area contributed by atoms with Gasteiger partial charge < -0.3 is 15.0 Å². The zero-order valence-electron chi connectivity index (χ0n) is 13.7. The summed E-state index contributed by atoms with van der Waals surface area (Å²) >= 11 is 5.85. The fourth-order valence-electron chi connectivity index (χ4n) is 2.82. The van der Waals surface area contributed by atoms with Gasteiger partial charge in [-0.3, -0.25) is 14.9 Å². The molecule has 1 heterocycles. The maximum absolute atomic E-state index is 12.3. The number of benzene rings is 1. The molecule has 0 atom stereocenters. The molecule has 24 heavy (non-hydrogen) atoms. The molecule has 0 aromatic heterocycles. The molecule has 0 saturated carbocycles. The van der Waals surface area contributed by atoms with E-state index in [9.17, 15) is 14.9 Å². The number of ether oxygens (including phenoxy) is 1. The van der Waals surface area contributed by atoms with Crippen molar-refractivity contribution in [3.05, 3.63) is 38.9 Å². The molecule has 1 fully saturated rings. The highest BCUT2D eigenvalue weighted by atomic mass is 35.5. The number of likely N-dealkylation sites (tertiary alicyclic amines) is 1. The van der Waals surface area contributed by atoms with Crippen LogP contribution >= 0.6 is 11.6 Å². The Morgan fingerprint density at radius 2 is 2.17 bits per heavy atom. The van der Waals surface area contributed by atoms with Gasteiger partial charge in [-0.15, -0.1) is 0 Å². The van der Waals surface area contributed by atoms with Crippen LogP contribution in [0, 0.1) is 16.0 Å². The highest BCUT2D eigenvalue weighted by Crippen LogP contribution is 2.23. The van der Waals surface area contributed by atoms with E-state index < -0.39 is 10.8 Å². The Balaban J connectivity index is 1.86. The third kappa shape index (κ3) is 5.15. The van der Waals surface area contributed by atoms with Crippen molar-refractivity contribution in [2.45, 2.75) is 12.8 Å². The number of halogens is 1. The van der Waals surface area contributed by atoms with Crippen LogP contribution in [0.3, 0.4) is 0 Å². The summed E-state index contributed by atoms with van der Waals surface area (Å²) in [5.41, 5.74) is -0.226. The van der Waals surface area contributed by atoms with Gasteiger partial charge in [-0.05, 0) is 44.0 Å². The molecule has 1 aromatic rings. The first-order valence-corrected chi connectivity index (χ1v) is 8.32. The lowest BCUT2D eigenvalue weighted by Crippen LogP contribution is -2.39. The van der Waals surface area contributed by atoms with Gasteiger partial charge in [-0.2, -0.15) is 0 Å². The van der Waals surface area contributed by atoms with Gasteiger partial charge in [-0.25, -0.2) is 0 Å². The monoisotopic (exact) mass is 355 g/mol. The number of carbonyl (C=O) groups is 1. The van der Waals surface area contributed by atoms with Crippen LogP contribution in [-0.2, 0) is 4.74 Å². The van der Waals surface area contributed by atoms with E-state index in [1.807, 2.05) is 0 Å². The highest BCUT2D eigenvalue weighted by molar-refractivity contribution is 6.31. The van der Waals surface area contributed by atoms with Crippen LogP contribution in [0.5, 0.6) is 0 Å². The van der Waals surface area contributed by atoms with E-state index in [1.54, 1.807) is 7.11 Å². The molecule has 0 radical (unpaired) electrons. The second-order valence-corrected chi connectivity index (χ2v) is 6.34. The first-order valence-electron chi connectivity index (χ1n) is 7.94.